The summed E-state index contributed by atoms with van der Waals surface area (Å²) in [5.41, 5.74) is 0. The van der Waals surface area contributed by atoms with Gasteiger partial charge in [-0.15, -0.1) is 0 Å². The van der Waals surface area contributed by atoms with Crippen molar-refractivity contribution in [2.45, 2.75) is 38.6 Å². The monoisotopic (exact) mass is 171 g/mol. The minimum atomic E-state index is -0.547. The first-order chi connectivity index (χ1) is 5.74. The van der Waals surface area contributed by atoms with Crippen molar-refractivity contribution in [3.63, 3.8) is 0 Å². The van der Waals surface area contributed by atoms with Crippen molar-refractivity contribution in [2.75, 3.05) is 0 Å². The van der Waals surface area contributed by atoms with Crippen LogP contribution in [0.4, 0.5) is 0 Å². The third-order valence-electron chi connectivity index (χ3n) is 3.84. The van der Waals surface area contributed by atoms with Crippen LogP contribution in [0.2, 0.25) is 0 Å². The Labute approximate surface area is 72.9 Å². The highest BCUT2D eigenvalue weighted by molar-refractivity contribution is 4.95. The Bertz CT molecular complexity index is 172. The number of nitrogens with one attached hydrogen (secondary N) is 1. The van der Waals surface area contributed by atoms with Gasteiger partial charge in [-0.1, -0.05) is 6.92 Å². The first-order valence-corrected chi connectivity index (χ1v) is 4.96. The molecule has 2 aliphatic rings. The van der Waals surface area contributed by atoms with E-state index < -0.39 is 5.23 Å². The molecule has 0 amide bonds. The number of rotatable bonds is 2. The van der Waals surface area contributed by atoms with Gasteiger partial charge in [0.25, 0.3) is 0 Å². The molecule has 0 aromatic heterocycles. The van der Waals surface area contributed by atoms with Gasteiger partial charge < -0.3 is 5.21 Å². The maximum Gasteiger partial charge on any atom is 0.123 e. The van der Waals surface area contributed by atoms with Crippen LogP contribution >= 0.6 is 0 Å². The van der Waals surface area contributed by atoms with Crippen LogP contribution < -0.4 is 5.23 Å². The van der Waals surface area contributed by atoms with E-state index in [-0.39, 0.29) is 6.04 Å². The predicted octanol–water partition coefficient (Wildman–Crippen LogP) is 0.583. The molecule has 12 heavy (non-hydrogen) atoms. The van der Waals surface area contributed by atoms with Crippen LogP contribution in [0.5, 0.6) is 0 Å². The predicted molar refractivity (Wildman–Crippen MR) is 44.5 cm³/mol. The van der Waals surface area contributed by atoms with Crippen molar-refractivity contribution < 1.29 is 10.4 Å². The van der Waals surface area contributed by atoms with Gasteiger partial charge >= 0.3 is 0 Å². The summed E-state index contributed by atoms with van der Waals surface area (Å²) in [5, 5.41) is 19.5. The number of hydrogen-bond donors (Lipinski definition) is 2. The number of quaternary nitrogens is 1. The van der Waals surface area contributed by atoms with Gasteiger partial charge in [0.2, 0.25) is 0 Å². The normalized spacial score (nSPS) is 48.2. The summed E-state index contributed by atoms with van der Waals surface area (Å²) in [5.74, 6) is 1.74. The maximum absolute atomic E-state index is 11.0. The quantitative estimate of drug-likeness (QED) is 0.597. The third kappa shape index (κ3) is 1.08. The van der Waals surface area contributed by atoms with Crippen molar-refractivity contribution in [3.05, 3.63) is 5.21 Å². The topological polar surface area (TPSA) is 47.7 Å². The van der Waals surface area contributed by atoms with Crippen molar-refractivity contribution in [3.8, 4) is 0 Å². The van der Waals surface area contributed by atoms with Crippen molar-refractivity contribution in [1.82, 2.24) is 0 Å². The molecule has 2 bridgehead atoms. The third-order valence-corrected chi connectivity index (χ3v) is 3.84. The van der Waals surface area contributed by atoms with Crippen LogP contribution in [0.3, 0.4) is 0 Å². The van der Waals surface area contributed by atoms with Crippen LogP contribution in [0, 0.1) is 23.0 Å². The van der Waals surface area contributed by atoms with Gasteiger partial charge in [-0.2, -0.15) is 0 Å². The second-order valence-corrected chi connectivity index (χ2v) is 4.27. The summed E-state index contributed by atoms with van der Waals surface area (Å²) >= 11 is 0. The van der Waals surface area contributed by atoms with Crippen LogP contribution in [0.15, 0.2) is 0 Å². The Hall–Kier alpha value is -0.120. The van der Waals surface area contributed by atoms with Crippen molar-refractivity contribution >= 4 is 0 Å². The lowest BCUT2D eigenvalue weighted by Crippen LogP contribution is -3.10. The summed E-state index contributed by atoms with van der Waals surface area (Å²) in [6, 6.07) is -0.00579. The van der Waals surface area contributed by atoms with E-state index in [1.807, 2.05) is 0 Å². The van der Waals surface area contributed by atoms with E-state index in [1.54, 1.807) is 0 Å². The summed E-state index contributed by atoms with van der Waals surface area (Å²) < 4.78 is 0. The molecule has 2 fully saturated rings. The average Bonchev–Trinajstić information content (AvgIpc) is 2.60. The van der Waals surface area contributed by atoms with E-state index in [0.29, 0.717) is 11.8 Å². The van der Waals surface area contributed by atoms with Gasteiger partial charge in [-0.05, 0) is 31.6 Å². The SMILES string of the molecule is CCC1C2CCC(C2)C1[NH+]([O-])O. The minimum absolute atomic E-state index is 0.00579. The molecule has 2 saturated carbocycles. The van der Waals surface area contributed by atoms with Gasteiger partial charge in [-0.25, -0.2) is 10.4 Å². The molecule has 2 rings (SSSR count). The molecule has 2 aliphatic carbocycles. The van der Waals surface area contributed by atoms with Crippen LogP contribution in [-0.4, -0.2) is 11.2 Å². The molecule has 0 saturated heterocycles. The second kappa shape index (κ2) is 2.98. The van der Waals surface area contributed by atoms with E-state index in [1.165, 1.54) is 12.8 Å². The van der Waals surface area contributed by atoms with Crippen molar-refractivity contribution in [1.29, 1.82) is 0 Å². The zero-order valence-electron chi connectivity index (χ0n) is 7.49. The standard InChI is InChI=1S/C9H17NO2/c1-2-8-6-3-4-7(5-6)9(8)10(11)12/h6-11H,2-5H2,1H3. The van der Waals surface area contributed by atoms with E-state index in [9.17, 15) is 5.21 Å². The summed E-state index contributed by atoms with van der Waals surface area (Å²) in [6.07, 6.45) is 4.69. The van der Waals surface area contributed by atoms with Crippen LogP contribution in [0.1, 0.15) is 32.6 Å². The fraction of sp³-hybridized carbons (Fsp3) is 1.00. The molecule has 2 N–H and O–H groups in total. The fourth-order valence-corrected chi connectivity index (χ4v) is 3.38. The van der Waals surface area contributed by atoms with Crippen molar-refractivity contribution in [2.24, 2.45) is 17.8 Å². The summed E-state index contributed by atoms with van der Waals surface area (Å²) in [6.45, 7) is 2.13. The second-order valence-electron chi connectivity index (χ2n) is 4.27. The number of hydroxylamine groups is 2. The van der Waals surface area contributed by atoms with Gasteiger partial charge in [0, 0.05) is 11.8 Å². The molecular formula is C9H17NO2. The Morgan fingerprint density at radius 3 is 2.58 bits per heavy atom. The van der Waals surface area contributed by atoms with Gasteiger partial charge in [0.1, 0.15) is 6.04 Å². The molecule has 3 nitrogen and oxygen atoms in total. The number of fused-ring (bicyclic) bond motifs is 2. The van der Waals surface area contributed by atoms with Gasteiger partial charge in [0.05, 0.1) is 0 Å². The first-order valence-electron chi connectivity index (χ1n) is 4.96. The number of hydrogen-bond acceptors (Lipinski definition) is 2. The Morgan fingerprint density at radius 1 is 1.42 bits per heavy atom. The van der Waals surface area contributed by atoms with E-state index in [0.717, 1.165) is 18.8 Å². The molecule has 5 unspecified atom stereocenters. The largest absolute Gasteiger partial charge is 0.600 e. The average molecular weight is 171 g/mol. The van der Waals surface area contributed by atoms with E-state index >= 15 is 0 Å². The molecule has 5 atom stereocenters. The highest BCUT2D eigenvalue weighted by Crippen LogP contribution is 2.48. The Morgan fingerprint density at radius 2 is 2.08 bits per heavy atom. The Kier molecular flexibility index (Phi) is 2.10. The van der Waals surface area contributed by atoms with Crippen LogP contribution in [-0.2, 0) is 0 Å². The highest BCUT2D eigenvalue weighted by Gasteiger charge is 2.50. The summed E-state index contributed by atoms with van der Waals surface area (Å²) in [7, 11) is 0. The fourth-order valence-electron chi connectivity index (χ4n) is 3.38. The molecule has 0 heterocycles. The molecule has 0 aromatic carbocycles. The van der Waals surface area contributed by atoms with Crippen LogP contribution in [0.25, 0.3) is 0 Å². The molecule has 0 aliphatic heterocycles. The maximum atomic E-state index is 11.0. The van der Waals surface area contributed by atoms with Gasteiger partial charge in [-0.3, -0.25) is 0 Å². The lowest BCUT2D eigenvalue weighted by atomic mass is 9.83. The van der Waals surface area contributed by atoms with E-state index in [2.05, 4.69) is 6.92 Å². The first kappa shape index (κ1) is 8.48. The highest BCUT2D eigenvalue weighted by atomic mass is 16.8. The van der Waals surface area contributed by atoms with Gasteiger partial charge in [0.15, 0.2) is 0 Å². The molecule has 0 spiro atoms. The molecule has 0 aromatic rings. The zero-order valence-corrected chi connectivity index (χ0v) is 7.49. The molecule has 3 heteroatoms. The molecular weight excluding hydrogens is 154 g/mol. The molecule has 70 valence electrons. The Balaban J connectivity index is 2.11. The zero-order chi connectivity index (χ0) is 8.72. The lowest BCUT2D eigenvalue weighted by Gasteiger charge is -2.33. The minimum Gasteiger partial charge on any atom is -0.600 e. The van der Waals surface area contributed by atoms with E-state index in [4.69, 9.17) is 5.21 Å². The molecule has 0 radical (unpaired) electrons. The summed E-state index contributed by atoms with van der Waals surface area (Å²) in [4.78, 5) is 0. The smallest absolute Gasteiger partial charge is 0.123 e. The lowest BCUT2D eigenvalue weighted by molar-refractivity contribution is -1.07.